The third kappa shape index (κ3) is 15.9. The molecule has 1 aromatic carbocycles. The van der Waals surface area contributed by atoms with Crippen LogP contribution in [0.4, 0.5) is 0 Å². The second kappa shape index (κ2) is 17.3. The van der Waals surface area contributed by atoms with E-state index in [0.29, 0.717) is 0 Å². The fraction of sp³-hybridized carbons (Fsp3) is 0.760. The summed E-state index contributed by atoms with van der Waals surface area (Å²) in [5.74, 6) is 0. The van der Waals surface area contributed by atoms with Gasteiger partial charge in [0.2, 0.25) is 0 Å². The number of benzene rings is 1. The van der Waals surface area contributed by atoms with Crippen molar-refractivity contribution in [2.45, 2.75) is 103 Å². The van der Waals surface area contributed by atoms with Crippen LogP contribution >= 0.6 is 0 Å². The van der Waals surface area contributed by atoms with Crippen LogP contribution in [0.15, 0.2) is 30.3 Å². The van der Waals surface area contributed by atoms with Gasteiger partial charge in [-0.2, -0.15) is 0 Å². The Morgan fingerprint density at radius 3 is 1.44 bits per heavy atom. The topological polar surface area (TPSA) is 31.5 Å². The summed E-state index contributed by atoms with van der Waals surface area (Å²) < 4.78 is 1.11. The maximum absolute atomic E-state index is 2.37. The summed E-state index contributed by atoms with van der Waals surface area (Å²) in [7, 11) is 4.74. The van der Waals surface area contributed by atoms with Gasteiger partial charge in [-0.3, -0.25) is 0 Å². The first-order chi connectivity index (χ1) is 12.6. The van der Waals surface area contributed by atoms with E-state index in [1.165, 1.54) is 102 Å². The quantitative estimate of drug-likeness (QED) is 0.208. The number of nitrogens with zero attached hydrogens (tertiary/aromatic N) is 1. The largest absolute Gasteiger partial charge is 0.412 e. The van der Waals surface area contributed by atoms with Crippen LogP contribution in [-0.2, 0) is 6.54 Å². The van der Waals surface area contributed by atoms with E-state index in [9.17, 15) is 0 Å². The second-order valence-corrected chi connectivity index (χ2v) is 8.90. The van der Waals surface area contributed by atoms with Gasteiger partial charge in [0.15, 0.2) is 0 Å². The molecule has 0 heterocycles. The lowest BCUT2D eigenvalue weighted by Crippen LogP contribution is -2.39. The van der Waals surface area contributed by atoms with Crippen molar-refractivity contribution in [3.63, 3.8) is 0 Å². The first-order valence-corrected chi connectivity index (χ1v) is 11.5. The van der Waals surface area contributed by atoms with Gasteiger partial charge in [-0.05, 0) is 12.8 Å². The first kappa shape index (κ1) is 26.1. The van der Waals surface area contributed by atoms with E-state index >= 15 is 0 Å². The Balaban J connectivity index is 0.00000676. The Bertz CT molecular complexity index is 416. The summed E-state index contributed by atoms with van der Waals surface area (Å²) in [6.07, 6.45) is 20.2. The van der Waals surface area contributed by atoms with Gasteiger partial charge in [0.05, 0.1) is 20.6 Å². The smallest absolute Gasteiger partial charge is 0.104 e. The van der Waals surface area contributed by atoms with E-state index in [0.717, 1.165) is 11.0 Å². The maximum Gasteiger partial charge on any atom is 0.104 e. The predicted molar refractivity (Wildman–Crippen MR) is 121 cm³/mol. The van der Waals surface area contributed by atoms with Gasteiger partial charge in [0.25, 0.3) is 0 Å². The molecule has 0 fully saturated rings. The van der Waals surface area contributed by atoms with Crippen LogP contribution < -0.4 is 0 Å². The number of quaternary nitrogens is 1. The normalized spacial score (nSPS) is 11.4. The van der Waals surface area contributed by atoms with Crippen LogP contribution in [0, 0.1) is 0 Å². The summed E-state index contributed by atoms with van der Waals surface area (Å²) in [5, 5.41) is 0. The molecule has 27 heavy (non-hydrogen) atoms. The number of hydrogen-bond acceptors (Lipinski definition) is 0. The summed E-state index contributed by atoms with van der Waals surface area (Å²) in [6.45, 7) is 4.75. The van der Waals surface area contributed by atoms with Crippen LogP contribution in [0.3, 0.4) is 0 Å². The zero-order valence-electron chi connectivity index (χ0n) is 18.6. The van der Waals surface area contributed by atoms with Crippen molar-refractivity contribution in [2.24, 2.45) is 0 Å². The summed E-state index contributed by atoms with van der Waals surface area (Å²) in [6, 6.07) is 10.9. The molecule has 0 saturated carbocycles. The molecule has 0 aliphatic carbocycles. The Kier molecular flexibility index (Phi) is 16.7. The molecule has 1 rings (SSSR count). The molecule has 158 valence electrons. The van der Waals surface area contributed by atoms with E-state index in [-0.39, 0.29) is 5.48 Å². The lowest BCUT2D eigenvalue weighted by molar-refractivity contribution is -0.903. The molecule has 0 spiro atoms. The Morgan fingerprint density at radius 1 is 0.593 bits per heavy atom. The highest BCUT2D eigenvalue weighted by molar-refractivity contribution is 5.13. The van der Waals surface area contributed by atoms with Gasteiger partial charge in [0.1, 0.15) is 6.54 Å². The fourth-order valence-electron chi connectivity index (χ4n) is 3.89. The Morgan fingerprint density at radius 2 is 1.00 bits per heavy atom. The average molecular weight is 379 g/mol. The molecule has 2 heteroatoms. The Hall–Kier alpha value is -0.860. The van der Waals surface area contributed by atoms with Crippen molar-refractivity contribution in [1.29, 1.82) is 0 Å². The number of hydrogen-bond donors (Lipinski definition) is 0. The summed E-state index contributed by atoms with van der Waals surface area (Å²) in [5.41, 5.74) is 1.46. The SMILES string of the molecule is CCCCCCCCCCCCCCCC[N+](C)(C)Cc1ccccc1.O. The van der Waals surface area contributed by atoms with Crippen molar-refractivity contribution in [1.82, 2.24) is 0 Å². The van der Waals surface area contributed by atoms with Gasteiger partial charge in [-0.1, -0.05) is 114 Å². The molecule has 0 radical (unpaired) electrons. The van der Waals surface area contributed by atoms with Crippen molar-refractivity contribution < 1.29 is 9.96 Å². The minimum atomic E-state index is 0. The van der Waals surface area contributed by atoms with Crippen LogP contribution in [0.5, 0.6) is 0 Å². The lowest BCUT2D eigenvalue weighted by atomic mass is 10.0. The van der Waals surface area contributed by atoms with Gasteiger partial charge in [-0.25, -0.2) is 0 Å². The average Bonchev–Trinajstić information content (AvgIpc) is 2.62. The van der Waals surface area contributed by atoms with E-state index in [1.807, 2.05) is 0 Å². The molecule has 0 atom stereocenters. The van der Waals surface area contributed by atoms with Crippen LogP contribution in [0.2, 0.25) is 0 Å². The summed E-state index contributed by atoms with van der Waals surface area (Å²) in [4.78, 5) is 0. The highest BCUT2D eigenvalue weighted by atomic mass is 16.0. The number of rotatable bonds is 17. The zero-order valence-corrected chi connectivity index (χ0v) is 18.6. The zero-order chi connectivity index (χ0) is 18.9. The molecule has 0 saturated heterocycles. The van der Waals surface area contributed by atoms with Gasteiger partial charge < -0.3 is 9.96 Å². The van der Waals surface area contributed by atoms with E-state index in [1.54, 1.807) is 0 Å². The molecule has 0 bridgehead atoms. The fourth-order valence-corrected chi connectivity index (χ4v) is 3.89. The van der Waals surface area contributed by atoms with Gasteiger partial charge in [-0.15, -0.1) is 0 Å². The van der Waals surface area contributed by atoms with Crippen molar-refractivity contribution >= 4 is 0 Å². The predicted octanol–water partition coefficient (Wildman–Crippen LogP) is 6.92. The minimum absolute atomic E-state index is 0. The minimum Gasteiger partial charge on any atom is -0.412 e. The first-order valence-electron chi connectivity index (χ1n) is 11.5. The molecule has 0 aliphatic rings. The van der Waals surface area contributed by atoms with E-state index in [2.05, 4.69) is 51.4 Å². The molecule has 2 nitrogen and oxygen atoms in total. The van der Waals surface area contributed by atoms with E-state index < -0.39 is 0 Å². The van der Waals surface area contributed by atoms with Crippen molar-refractivity contribution in [2.75, 3.05) is 20.6 Å². The standard InChI is InChI=1S/C25H46N.H2O/c1-4-5-6-7-8-9-10-11-12-13-14-15-16-20-23-26(2,3)24-25-21-18-17-19-22-25;/h17-19,21-22H,4-16,20,23-24H2,1-3H3;1H2/q+1;. The van der Waals surface area contributed by atoms with Gasteiger partial charge >= 0.3 is 0 Å². The summed E-state index contributed by atoms with van der Waals surface area (Å²) >= 11 is 0. The lowest BCUT2D eigenvalue weighted by Gasteiger charge is -2.30. The maximum atomic E-state index is 2.37. The third-order valence-electron chi connectivity index (χ3n) is 5.57. The van der Waals surface area contributed by atoms with Crippen LogP contribution in [0.1, 0.15) is 102 Å². The second-order valence-electron chi connectivity index (χ2n) is 8.90. The molecular formula is C25H48NO+. The molecular weight excluding hydrogens is 330 g/mol. The third-order valence-corrected chi connectivity index (χ3v) is 5.57. The van der Waals surface area contributed by atoms with Crippen LogP contribution in [-0.4, -0.2) is 30.6 Å². The molecule has 1 aromatic rings. The van der Waals surface area contributed by atoms with Gasteiger partial charge in [0, 0.05) is 5.56 Å². The molecule has 0 aliphatic heterocycles. The Labute approximate surface area is 170 Å². The molecule has 0 unspecified atom stereocenters. The van der Waals surface area contributed by atoms with Crippen LogP contribution in [0.25, 0.3) is 0 Å². The van der Waals surface area contributed by atoms with E-state index in [4.69, 9.17) is 0 Å². The number of unbranched alkanes of at least 4 members (excludes halogenated alkanes) is 13. The monoisotopic (exact) mass is 378 g/mol. The van der Waals surface area contributed by atoms with Crippen molar-refractivity contribution in [3.05, 3.63) is 35.9 Å². The highest BCUT2D eigenvalue weighted by Gasteiger charge is 2.14. The highest BCUT2D eigenvalue weighted by Crippen LogP contribution is 2.14. The molecule has 2 N–H and O–H groups in total. The van der Waals surface area contributed by atoms with Crippen molar-refractivity contribution in [3.8, 4) is 0 Å². The molecule has 0 amide bonds. The molecule has 0 aromatic heterocycles.